The molecule has 0 aliphatic heterocycles. The number of pyridine rings is 4. The van der Waals surface area contributed by atoms with Crippen LogP contribution in [0.4, 0.5) is 0 Å². The van der Waals surface area contributed by atoms with Crippen LogP contribution in [0, 0.1) is 0 Å². The summed E-state index contributed by atoms with van der Waals surface area (Å²) in [6, 6.07) is 42.9. The van der Waals surface area contributed by atoms with Crippen LogP contribution in [-0.4, -0.2) is 45.9 Å². The molecular weight excluding hydrogens is 924 g/mol. The molecule has 0 saturated carbocycles. The van der Waals surface area contributed by atoms with E-state index >= 15 is 0 Å². The predicted octanol–water partition coefficient (Wildman–Crippen LogP) is 13.0. The van der Waals surface area contributed by atoms with Gasteiger partial charge in [0.1, 0.15) is 0 Å². The van der Waals surface area contributed by atoms with E-state index in [9.17, 15) is 4.79 Å². The largest absolute Gasteiger partial charge is 2.00 e. The molecule has 10 rings (SSSR count). The fourth-order valence-corrected chi connectivity index (χ4v) is 8.41. The number of hydrogen-bond donors (Lipinski definition) is 1. The minimum atomic E-state index is -0.963. The first-order valence-corrected chi connectivity index (χ1v) is 20.6. The van der Waals surface area contributed by atoms with E-state index in [1.54, 1.807) is 29.7 Å². The number of rotatable bonds is 6. The van der Waals surface area contributed by atoms with Crippen LogP contribution in [0.5, 0.6) is 0 Å². The van der Waals surface area contributed by atoms with Gasteiger partial charge in [0.05, 0.1) is 45.6 Å². The number of benzene rings is 3. The zero-order valence-corrected chi connectivity index (χ0v) is 36.6. The molecule has 0 radical (unpaired) electrons. The molecule has 7 heterocycles. The van der Waals surface area contributed by atoms with Crippen LogP contribution >= 0.6 is 47.1 Å². The Morgan fingerprint density at radius 1 is 0.623 bits per heavy atom. The Labute approximate surface area is 381 Å². The Kier molecular flexibility index (Phi) is 15.2. The third-order valence-corrected chi connectivity index (χ3v) is 11.1. The van der Waals surface area contributed by atoms with Gasteiger partial charge < -0.3 is 20.5 Å². The number of hydrogen-bond acceptors (Lipinski definition) is 9. The molecule has 0 spiro atoms. The van der Waals surface area contributed by atoms with Crippen molar-refractivity contribution in [3.05, 3.63) is 184 Å². The number of thiocarbonyl (C=S) groups is 2. The van der Waals surface area contributed by atoms with Gasteiger partial charge in [-0.2, -0.15) is 10.3 Å². The van der Waals surface area contributed by atoms with Crippen molar-refractivity contribution < 1.29 is 29.4 Å². The summed E-state index contributed by atoms with van der Waals surface area (Å²) in [5.41, 5.74) is 7.85. The zero-order chi connectivity index (χ0) is 41.8. The minimum absolute atomic E-state index is 0. The molecule has 14 heteroatoms. The Hall–Kier alpha value is -6.59. The fraction of sp³-hybridized carbons (Fsp3) is 0. The van der Waals surface area contributed by atoms with Crippen molar-refractivity contribution in [3.63, 3.8) is 0 Å². The Morgan fingerprint density at radius 3 is 1.92 bits per heavy atom. The van der Waals surface area contributed by atoms with E-state index in [0.29, 0.717) is 11.4 Å². The number of carboxylic acids is 1. The van der Waals surface area contributed by atoms with E-state index in [1.165, 1.54) is 75.6 Å². The van der Waals surface area contributed by atoms with Gasteiger partial charge in [0, 0.05) is 60.1 Å². The molecule has 61 heavy (non-hydrogen) atoms. The molecule has 10 aromatic rings. The van der Waals surface area contributed by atoms with Crippen molar-refractivity contribution >= 4 is 118 Å². The number of thiophene rings is 2. The number of isothiocyanates is 2. The molecule has 0 unspecified atom stereocenters. The van der Waals surface area contributed by atoms with Crippen molar-refractivity contribution in [1.29, 1.82) is 0 Å². The number of carboxylic acid groups (broad SMARTS) is 1. The Balaban J connectivity index is 0.000000236. The maximum Gasteiger partial charge on any atom is 2.00 e. The van der Waals surface area contributed by atoms with Crippen LogP contribution in [0.15, 0.2) is 158 Å². The van der Waals surface area contributed by atoms with Crippen molar-refractivity contribution in [2.24, 2.45) is 0 Å². The van der Waals surface area contributed by atoms with Crippen molar-refractivity contribution in [2.45, 2.75) is 0 Å². The monoisotopic (exact) mass is 953 g/mol. The normalized spacial score (nSPS) is 10.4. The summed E-state index contributed by atoms with van der Waals surface area (Å²) in [7, 11) is 0. The maximum atomic E-state index is 10.7. The molecule has 0 fully saturated rings. The minimum Gasteiger partial charge on any atom is -0.753 e. The Bertz CT molecular complexity index is 3180. The van der Waals surface area contributed by atoms with Gasteiger partial charge in [-0.1, -0.05) is 85.1 Å². The summed E-state index contributed by atoms with van der Waals surface area (Å²) in [4.78, 5) is 29.5. The van der Waals surface area contributed by atoms with E-state index in [2.05, 4.69) is 140 Å². The van der Waals surface area contributed by atoms with E-state index in [4.69, 9.17) is 20.9 Å². The first-order valence-electron chi connectivity index (χ1n) is 18.0. The van der Waals surface area contributed by atoms with E-state index in [0.717, 1.165) is 22.6 Å². The third kappa shape index (κ3) is 10.2. The molecule has 3 aromatic carbocycles. The van der Waals surface area contributed by atoms with Crippen molar-refractivity contribution in [1.82, 2.24) is 24.5 Å². The number of aromatic nitrogens is 5. The molecule has 0 aliphatic carbocycles. The smallest absolute Gasteiger partial charge is 0.753 e. The molecule has 7 aromatic heterocycles. The number of carbonyl (C=O) groups is 1. The van der Waals surface area contributed by atoms with E-state index in [1.807, 2.05) is 48.0 Å². The molecule has 0 bridgehead atoms. The van der Waals surface area contributed by atoms with Crippen molar-refractivity contribution in [2.75, 3.05) is 0 Å². The quantitative estimate of drug-likeness (QED) is 0.0988. The van der Waals surface area contributed by atoms with Gasteiger partial charge in [-0.15, -0.1) is 22.7 Å². The van der Waals surface area contributed by atoms with E-state index in [-0.39, 0.29) is 25.0 Å². The molecule has 296 valence electrons. The summed E-state index contributed by atoms with van der Waals surface area (Å²) >= 11 is 11.0. The molecule has 9 nitrogen and oxygen atoms in total. The summed E-state index contributed by atoms with van der Waals surface area (Å²) in [5.74, 6) is -0.963. The van der Waals surface area contributed by atoms with Crippen molar-refractivity contribution in [3.8, 4) is 28.5 Å². The SMILES string of the molecule is C(=C\c1cccs1)/c1ccc2c(c1)sc1cc(-n3c4ccccc4c4cc(-c5ccccn5)ncc43)ccc12.O=C(O)c1ccnc(-c2ccccn2)c1.[N-]=C=S.[N-]=C=S.[Ru+2]. The summed E-state index contributed by atoms with van der Waals surface area (Å²) < 4.78 is 4.92. The first-order chi connectivity index (χ1) is 29.4. The fourth-order valence-electron chi connectivity index (χ4n) is 6.61. The van der Waals surface area contributed by atoms with Crippen LogP contribution in [-0.2, 0) is 19.5 Å². The van der Waals surface area contributed by atoms with Gasteiger partial charge in [-0.05, 0) is 89.8 Å². The van der Waals surface area contributed by atoms with Gasteiger partial charge in [-0.25, -0.2) is 4.79 Å². The van der Waals surface area contributed by atoms with E-state index < -0.39 is 5.97 Å². The van der Waals surface area contributed by atoms with Gasteiger partial charge in [0.2, 0.25) is 0 Å². The molecule has 0 amide bonds. The van der Waals surface area contributed by atoms with Gasteiger partial charge in [0.25, 0.3) is 0 Å². The molecule has 0 saturated heterocycles. The second-order valence-corrected chi connectivity index (χ2v) is 15.1. The number of nitrogens with zero attached hydrogens (tertiary/aromatic N) is 7. The summed E-state index contributed by atoms with van der Waals surface area (Å²) in [6.07, 6.45) is 11.3. The molecule has 0 aliphatic rings. The number of aromatic carboxylic acids is 1. The second kappa shape index (κ2) is 21.1. The standard InChI is InChI=1S/C34H21N3S2.C11H8N2O2.2CNS.Ru/c1-2-9-31-25(7-1)28-20-30(29-8-3-4-16-35-29)36-21-32(28)37(31)23-12-15-27-26-14-11-22(10-13-24-6-5-17-38-24)18-33(26)39-34(27)19-23;14-11(15)8-4-6-13-10(7-8)9-3-1-2-5-12-9;2*2-1-3;/h1-21H;1-7H,(H,14,15);;;/q;;2*-1;+2/b13-10+;;;;. The number of para-hydroxylation sites is 1. The van der Waals surface area contributed by atoms with Gasteiger partial charge in [-0.3, -0.25) is 19.9 Å². The third-order valence-electron chi connectivity index (χ3n) is 9.14. The number of fused-ring (bicyclic) bond motifs is 6. The predicted molar refractivity (Wildman–Crippen MR) is 254 cm³/mol. The molecular formula is C47H29N7O2RuS4. The topological polar surface area (TPSA) is 138 Å². The van der Waals surface area contributed by atoms with Crippen LogP contribution in [0.25, 0.3) is 93.4 Å². The average Bonchev–Trinajstić information content (AvgIpc) is 4.03. The first kappa shape index (κ1) is 44.0. The van der Waals surface area contributed by atoms with Crippen LogP contribution in [0.1, 0.15) is 20.8 Å². The summed E-state index contributed by atoms with van der Waals surface area (Å²) in [5, 5.41) is 32.8. The van der Waals surface area contributed by atoms with Crippen LogP contribution in [0.2, 0.25) is 0 Å². The summed E-state index contributed by atoms with van der Waals surface area (Å²) in [6.45, 7) is 0. The maximum absolute atomic E-state index is 10.7. The van der Waals surface area contributed by atoms with Crippen LogP contribution in [0.3, 0.4) is 0 Å². The molecule has 1 N–H and O–H groups in total. The van der Waals surface area contributed by atoms with Gasteiger partial charge >= 0.3 is 25.4 Å². The second-order valence-electron chi connectivity index (χ2n) is 12.7. The van der Waals surface area contributed by atoms with Gasteiger partial charge in [0.15, 0.2) is 0 Å². The molecule has 0 atom stereocenters. The Morgan fingerprint density at radius 2 is 1.26 bits per heavy atom. The van der Waals surface area contributed by atoms with Crippen LogP contribution < -0.4 is 0 Å². The zero-order valence-electron chi connectivity index (χ0n) is 31.6. The average molecular weight is 953 g/mol.